The van der Waals surface area contributed by atoms with Gasteiger partial charge in [-0.1, -0.05) is 19.3 Å². The predicted molar refractivity (Wildman–Crippen MR) is 88.0 cm³/mol. The Morgan fingerprint density at radius 2 is 2.14 bits per heavy atom. The van der Waals surface area contributed by atoms with Gasteiger partial charge in [-0.05, 0) is 38.2 Å². The van der Waals surface area contributed by atoms with Crippen LogP contribution in [0.5, 0.6) is 0 Å². The molecule has 1 aliphatic rings. The molecule has 1 fully saturated rings. The number of nitrogens with one attached hydrogen (secondary N) is 1. The quantitative estimate of drug-likeness (QED) is 0.811. The molecular formula is C16H24N2O2S. The number of aromatic nitrogens is 1. The van der Waals surface area contributed by atoms with Crippen molar-refractivity contribution >= 4 is 23.5 Å². The molecule has 1 aromatic rings. The van der Waals surface area contributed by atoms with E-state index in [-0.39, 0.29) is 5.97 Å². The number of esters is 1. The first-order chi connectivity index (χ1) is 10.2. The number of pyridine rings is 1. The molecule has 5 heteroatoms. The van der Waals surface area contributed by atoms with Crippen LogP contribution in [-0.4, -0.2) is 35.1 Å². The Bertz CT molecular complexity index is 456. The Morgan fingerprint density at radius 1 is 1.38 bits per heavy atom. The minimum Gasteiger partial charge on any atom is -0.462 e. The van der Waals surface area contributed by atoms with Gasteiger partial charge in [0.2, 0.25) is 0 Å². The molecule has 1 aliphatic carbocycles. The molecule has 0 unspecified atom stereocenters. The van der Waals surface area contributed by atoms with Crippen molar-refractivity contribution in [3.05, 3.63) is 23.9 Å². The maximum atomic E-state index is 11.6. The largest absolute Gasteiger partial charge is 0.462 e. The molecule has 0 aliphatic heterocycles. The molecule has 0 aromatic carbocycles. The van der Waals surface area contributed by atoms with Crippen LogP contribution in [0.25, 0.3) is 0 Å². The molecule has 2 rings (SSSR count). The molecule has 0 saturated heterocycles. The van der Waals surface area contributed by atoms with Crippen molar-refractivity contribution in [2.45, 2.75) is 43.8 Å². The van der Waals surface area contributed by atoms with Crippen molar-refractivity contribution in [1.82, 2.24) is 4.98 Å². The molecular weight excluding hydrogens is 284 g/mol. The molecule has 116 valence electrons. The highest BCUT2D eigenvalue weighted by Gasteiger charge is 2.30. The SMILES string of the molecule is CCOC(=O)c1ccc(NCC2(SC)CCCCC2)nc1. The van der Waals surface area contributed by atoms with Crippen molar-refractivity contribution < 1.29 is 9.53 Å². The topological polar surface area (TPSA) is 51.2 Å². The van der Waals surface area contributed by atoms with Gasteiger partial charge in [0, 0.05) is 17.5 Å². The summed E-state index contributed by atoms with van der Waals surface area (Å²) in [5, 5.41) is 3.42. The lowest BCUT2D eigenvalue weighted by atomic mass is 9.88. The number of anilines is 1. The molecule has 21 heavy (non-hydrogen) atoms. The first-order valence-electron chi connectivity index (χ1n) is 7.61. The number of hydrogen-bond donors (Lipinski definition) is 1. The summed E-state index contributed by atoms with van der Waals surface area (Å²) in [6.07, 6.45) is 10.3. The molecule has 1 N–H and O–H groups in total. The van der Waals surface area contributed by atoms with E-state index in [1.54, 1.807) is 19.2 Å². The van der Waals surface area contributed by atoms with E-state index in [0.29, 0.717) is 16.9 Å². The summed E-state index contributed by atoms with van der Waals surface area (Å²) in [7, 11) is 0. The van der Waals surface area contributed by atoms with Gasteiger partial charge in [0.15, 0.2) is 0 Å². The predicted octanol–water partition coefficient (Wildman–Crippen LogP) is 3.74. The van der Waals surface area contributed by atoms with Crippen LogP contribution in [0.15, 0.2) is 18.3 Å². The smallest absolute Gasteiger partial charge is 0.339 e. The van der Waals surface area contributed by atoms with Gasteiger partial charge in [0.05, 0.1) is 12.2 Å². The first-order valence-corrected chi connectivity index (χ1v) is 8.84. The van der Waals surface area contributed by atoms with Crippen molar-refractivity contribution in [3.8, 4) is 0 Å². The number of rotatable bonds is 6. The maximum Gasteiger partial charge on any atom is 0.339 e. The summed E-state index contributed by atoms with van der Waals surface area (Å²) in [4.78, 5) is 15.9. The molecule has 0 radical (unpaired) electrons. The highest BCUT2D eigenvalue weighted by Crippen LogP contribution is 2.38. The standard InChI is InChI=1S/C16H24N2O2S/c1-3-20-15(19)13-7-8-14(17-11-13)18-12-16(21-2)9-5-4-6-10-16/h7-8,11H,3-6,9-10,12H2,1-2H3,(H,17,18). The zero-order chi connectivity index (χ0) is 15.1. The second-order valence-corrected chi connectivity index (χ2v) is 6.73. The van der Waals surface area contributed by atoms with Crippen molar-refractivity contribution in [1.29, 1.82) is 0 Å². The summed E-state index contributed by atoms with van der Waals surface area (Å²) < 4.78 is 5.29. The molecule has 1 heterocycles. The molecule has 0 bridgehead atoms. The number of carbonyl (C=O) groups excluding carboxylic acids is 1. The van der Waals surface area contributed by atoms with Gasteiger partial charge >= 0.3 is 5.97 Å². The summed E-state index contributed by atoms with van der Waals surface area (Å²) in [5.74, 6) is 0.506. The van der Waals surface area contributed by atoms with Gasteiger partial charge in [-0.2, -0.15) is 11.8 Å². The van der Waals surface area contributed by atoms with Crippen LogP contribution >= 0.6 is 11.8 Å². The zero-order valence-electron chi connectivity index (χ0n) is 12.9. The first kappa shape index (κ1) is 16.1. The van der Waals surface area contributed by atoms with Crippen molar-refractivity contribution in [2.24, 2.45) is 0 Å². The number of ether oxygens (including phenoxy) is 1. The zero-order valence-corrected chi connectivity index (χ0v) is 13.7. The van der Waals surface area contributed by atoms with Crippen LogP contribution < -0.4 is 5.32 Å². The van der Waals surface area contributed by atoms with Crippen LogP contribution in [0.1, 0.15) is 49.4 Å². The molecule has 1 aromatic heterocycles. The van der Waals surface area contributed by atoms with E-state index >= 15 is 0 Å². The number of nitrogens with zero attached hydrogens (tertiary/aromatic N) is 1. The highest BCUT2D eigenvalue weighted by atomic mass is 32.2. The third-order valence-corrected chi connectivity index (χ3v) is 5.48. The minimum atomic E-state index is -0.315. The number of carbonyl (C=O) groups is 1. The lowest BCUT2D eigenvalue weighted by molar-refractivity contribution is 0.0526. The van der Waals surface area contributed by atoms with E-state index in [0.717, 1.165) is 12.4 Å². The lowest BCUT2D eigenvalue weighted by Gasteiger charge is -2.36. The Labute approximate surface area is 131 Å². The summed E-state index contributed by atoms with van der Waals surface area (Å²) in [6, 6.07) is 3.61. The van der Waals surface area contributed by atoms with Crippen LogP contribution in [-0.2, 0) is 4.74 Å². The molecule has 0 atom stereocenters. The van der Waals surface area contributed by atoms with Crippen LogP contribution in [0.2, 0.25) is 0 Å². The van der Waals surface area contributed by atoms with E-state index in [1.165, 1.54) is 32.1 Å². The Balaban J connectivity index is 1.92. The summed E-state index contributed by atoms with van der Waals surface area (Å²) >= 11 is 1.96. The Kier molecular flexibility index (Phi) is 5.91. The fourth-order valence-electron chi connectivity index (χ4n) is 2.73. The van der Waals surface area contributed by atoms with Crippen molar-refractivity contribution in [3.63, 3.8) is 0 Å². The van der Waals surface area contributed by atoms with E-state index < -0.39 is 0 Å². The van der Waals surface area contributed by atoms with Gasteiger partial charge in [-0.15, -0.1) is 0 Å². The fraction of sp³-hybridized carbons (Fsp3) is 0.625. The monoisotopic (exact) mass is 308 g/mol. The second kappa shape index (κ2) is 7.69. The average molecular weight is 308 g/mol. The summed E-state index contributed by atoms with van der Waals surface area (Å²) in [5.41, 5.74) is 0.500. The molecule has 4 nitrogen and oxygen atoms in total. The van der Waals surface area contributed by atoms with Crippen LogP contribution in [0, 0.1) is 0 Å². The van der Waals surface area contributed by atoms with E-state index in [9.17, 15) is 4.79 Å². The third kappa shape index (κ3) is 4.37. The normalized spacial score (nSPS) is 17.2. The van der Waals surface area contributed by atoms with Gasteiger partial charge in [-0.25, -0.2) is 9.78 Å². The molecule has 1 saturated carbocycles. The molecule has 0 amide bonds. The van der Waals surface area contributed by atoms with Crippen molar-refractivity contribution in [2.75, 3.05) is 24.7 Å². The van der Waals surface area contributed by atoms with E-state index in [1.807, 2.05) is 17.8 Å². The van der Waals surface area contributed by atoms with E-state index in [4.69, 9.17) is 4.74 Å². The van der Waals surface area contributed by atoms with Gasteiger partial charge in [0.1, 0.15) is 5.82 Å². The Morgan fingerprint density at radius 3 is 2.71 bits per heavy atom. The van der Waals surface area contributed by atoms with Gasteiger partial charge < -0.3 is 10.1 Å². The summed E-state index contributed by atoms with van der Waals surface area (Å²) in [6.45, 7) is 3.11. The second-order valence-electron chi connectivity index (χ2n) is 5.45. The lowest BCUT2D eigenvalue weighted by Crippen LogP contribution is -2.35. The number of hydrogen-bond acceptors (Lipinski definition) is 5. The Hall–Kier alpha value is -1.23. The van der Waals surface area contributed by atoms with Gasteiger partial charge in [0.25, 0.3) is 0 Å². The highest BCUT2D eigenvalue weighted by molar-refractivity contribution is 8.00. The molecule has 0 spiro atoms. The van der Waals surface area contributed by atoms with E-state index in [2.05, 4.69) is 16.6 Å². The van der Waals surface area contributed by atoms with Crippen LogP contribution in [0.4, 0.5) is 5.82 Å². The van der Waals surface area contributed by atoms with Gasteiger partial charge in [-0.3, -0.25) is 0 Å². The third-order valence-electron chi connectivity index (χ3n) is 4.06. The average Bonchev–Trinajstić information content (AvgIpc) is 2.54. The number of thioether (sulfide) groups is 1. The fourth-order valence-corrected chi connectivity index (χ4v) is 3.65. The minimum absolute atomic E-state index is 0.315. The van der Waals surface area contributed by atoms with Crippen LogP contribution in [0.3, 0.4) is 0 Å². The maximum absolute atomic E-state index is 11.6.